The van der Waals surface area contributed by atoms with Crippen molar-refractivity contribution in [1.29, 1.82) is 0 Å². The van der Waals surface area contributed by atoms with Gasteiger partial charge in [-0.1, -0.05) is 12.1 Å². The summed E-state index contributed by atoms with van der Waals surface area (Å²) in [5, 5.41) is 0. The second kappa shape index (κ2) is 4.39. The summed E-state index contributed by atoms with van der Waals surface area (Å²) in [5.41, 5.74) is 10.2. The Labute approximate surface area is 111 Å². The van der Waals surface area contributed by atoms with E-state index < -0.39 is 0 Å². The Balaban J connectivity index is 2.00. The predicted octanol–water partition coefficient (Wildman–Crippen LogP) is 2.18. The van der Waals surface area contributed by atoms with Crippen molar-refractivity contribution in [2.45, 2.75) is 13.3 Å². The number of carbonyl (C=O) groups excluding carboxylic acids is 1. The van der Waals surface area contributed by atoms with E-state index >= 15 is 0 Å². The number of hydrogen-bond acceptors (Lipinski definition) is 3. The number of anilines is 2. The monoisotopic (exact) mass is 253 g/mol. The van der Waals surface area contributed by atoms with Crippen LogP contribution in [-0.2, 0) is 6.42 Å². The van der Waals surface area contributed by atoms with Crippen molar-refractivity contribution in [2.75, 3.05) is 17.2 Å². The third kappa shape index (κ3) is 1.95. The topological polar surface area (TPSA) is 59.2 Å². The van der Waals surface area contributed by atoms with Gasteiger partial charge in [-0.2, -0.15) is 0 Å². The molecule has 3 rings (SSSR count). The average molecular weight is 253 g/mol. The molecular formula is C15H15N3O. The normalized spacial score (nSPS) is 13.4. The van der Waals surface area contributed by atoms with Gasteiger partial charge in [-0.05, 0) is 37.1 Å². The van der Waals surface area contributed by atoms with Crippen molar-refractivity contribution in [1.82, 2.24) is 4.98 Å². The SMILES string of the molecule is Cc1cc(C(=O)N2CCc3cccc(N)c32)ccn1. The molecule has 19 heavy (non-hydrogen) atoms. The van der Waals surface area contributed by atoms with Crippen molar-refractivity contribution >= 4 is 17.3 Å². The first kappa shape index (κ1) is 11.7. The highest BCUT2D eigenvalue weighted by molar-refractivity contribution is 6.09. The number of nitrogens with zero attached hydrogens (tertiary/aromatic N) is 2. The van der Waals surface area contributed by atoms with Crippen LogP contribution in [0.2, 0.25) is 0 Å². The lowest BCUT2D eigenvalue weighted by molar-refractivity contribution is 0.0989. The van der Waals surface area contributed by atoms with Crippen LogP contribution in [-0.4, -0.2) is 17.4 Å². The van der Waals surface area contributed by atoms with E-state index in [0.29, 0.717) is 17.8 Å². The van der Waals surface area contributed by atoms with Crippen LogP contribution in [0.3, 0.4) is 0 Å². The van der Waals surface area contributed by atoms with Gasteiger partial charge in [0, 0.05) is 24.0 Å². The first-order valence-corrected chi connectivity index (χ1v) is 6.28. The van der Waals surface area contributed by atoms with E-state index in [1.807, 2.05) is 25.1 Å². The molecule has 0 spiro atoms. The second-order valence-electron chi connectivity index (χ2n) is 4.75. The summed E-state index contributed by atoms with van der Waals surface area (Å²) in [5.74, 6) is -0.0119. The molecule has 1 aromatic heterocycles. The molecular weight excluding hydrogens is 238 g/mol. The van der Waals surface area contributed by atoms with Gasteiger partial charge in [0.25, 0.3) is 5.91 Å². The van der Waals surface area contributed by atoms with Crippen molar-refractivity contribution in [2.24, 2.45) is 0 Å². The number of hydrogen-bond donors (Lipinski definition) is 1. The van der Waals surface area contributed by atoms with Gasteiger partial charge in [0.2, 0.25) is 0 Å². The van der Waals surface area contributed by atoms with Crippen molar-refractivity contribution < 1.29 is 4.79 Å². The molecule has 0 radical (unpaired) electrons. The van der Waals surface area contributed by atoms with Gasteiger partial charge < -0.3 is 10.6 Å². The van der Waals surface area contributed by atoms with Gasteiger partial charge in [0.05, 0.1) is 11.4 Å². The molecule has 0 atom stereocenters. The maximum Gasteiger partial charge on any atom is 0.258 e. The molecule has 1 amide bonds. The molecule has 1 aromatic carbocycles. The number of fused-ring (bicyclic) bond motifs is 1. The van der Waals surface area contributed by atoms with Crippen molar-refractivity contribution in [3.05, 3.63) is 53.3 Å². The zero-order chi connectivity index (χ0) is 13.4. The summed E-state index contributed by atoms with van der Waals surface area (Å²) in [6.45, 7) is 2.56. The van der Waals surface area contributed by atoms with Crippen LogP contribution in [0.4, 0.5) is 11.4 Å². The van der Waals surface area contributed by atoms with Gasteiger partial charge in [-0.25, -0.2) is 0 Å². The van der Waals surface area contributed by atoms with E-state index in [9.17, 15) is 4.79 Å². The van der Waals surface area contributed by atoms with Crippen LogP contribution >= 0.6 is 0 Å². The Bertz CT molecular complexity index is 652. The predicted molar refractivity (Wildman–Crippen MR) is 75.2 cm³/mol. The van der Waals surface area contributed by atoms with Gasteiger partial charge in [-0.3, -0.25) is 9.78 Å². The average Bonchev–Trinajstić information content (AvgIpc) is 2.83. The number of pyridine rings is 1. The molecule has 1 aliphatic rings. The molecule has 0 aliphatic carbocycles. The van der Waals surface area contributed by atoms with Crippen LogP contribution < -0.4 is 10.6 Å². The number of amides is 1. The Morgan fingerprint density at radius 2 is 2.21 bits per heavy atom. The number of benzene rings is 1. The molecule has 2 aromatic rings. The highest BCUT2D eigenvalue weighted by Gasteiger charge is 2.27. The van der Waals surface area contributed by atoms with E-state index in [2.05, 4.69) is 4.98 Å². The quantitative estimate of drug-likeness (QED) is 0.792. The third-order valence-corrected chi connectivity index (χ3v) is 3.41. The Hall–Kier alpha value is -2.36. The number of aryl methyl sites for hydroxylation is 1. The maximum atomic E-state index is 12.6. The lowest BCUT2D eigenvalue weighted by Crippen LogP contribution is -2.29. The molecule has 0 saturated heterocycles. The Kier molecular flexibility index (Phi) is 2.71. The molecule has 2 N–H and O–H groups in total. The largest absolute Gasteiger partial charge is 0.397 e. The van der Waals surface area contributed by atoms with Crippen LogP contribution in [0.25, 0.3) is 0 Å². The molecule has 4 heteroatoms. The summed E-state index contributed by atoms with van der Waals surface area (Å²) in [4.78, 5) is 18.4. The number of nitrogens with two attached hydrogens (primary N) is 1. The first-order valence-electron chi connectivity index (χ1n) is 6.28. The Morgan fingerprint density at radius 1 is 1.37 bits per heavy atom. The summed E-state index contributed by atoms with van der Waals surface area (Å²) >= 11 is 0. The zero-order valence-corrected chi connectivity index (χ0v) is 10.8. The van der Waals surface area contributed by atoms with Crippen LogP contribution in [0.15, 0.2) is 36.5 Å². The van der Waals surface area contributed by atoms with Gasteiger partial charge in [-0.15, -0.1) is 0 Å². The van der Waals surface area contributed by atoms with Crippen LogP contribution in [0, 0.1) is 6.92 Å². The number of para-hydroxylation sites is 1. The summed E-state index contributed by atoms with van der Waals surface area (Å²) in [6.07, 6.45) is 2.52. The van der Waals surface area contributed by atoms with E-state index in [1.54, 1.807) is 23.2 Å². The molecule has 0 saturated carbocycles. The molecule has 2 heterocycles. The fourth-order valence-corrected chi connectivity index (χ4v) is 2.52. The van der Waals surface area contributed by atoms with Crippen molar-refractivity contribution in [3.8, 4) is 0 Å². The molecule has 0 fully saturated rings. The summed E-state index contributed by atoms with van der Waals surface area (Å²) < 4.78 is 0. The number of rotatable bonds is 1. The first-order chi connectivity index (χ1) is 9.16. The highest BCUT2D eigenvalue weighted by atomic mass is 16.2. The van der Waals surface area contributed by atoms with Crippen molar-refractivity contribution in [3.63, 3.8) is 0 Å². The fourth-order valence-electron chi connectivity index (χ4n) is 2.52. The van der Waals surface area contributed by atoms with Crippen LogP contribution in [0.1, 0.15) is 21.6 Å². The molecule has 96 valence electrons. The molecule has 0 unspecified atom stereocenters. The van der Waals surface area contributed by atoms with E-state index in [0.717, 1.165) is 23.4 Å². The summed E-state index contributed by atoms with van der Waals surface area (Å²) in [6, 6.07) is 9.34. The molecule has 4 nitrogen and oxygen atoms in total. The standard InChI is InChI=1S/C15H15N3O/c1-10-9-12(5-7-17-10)15(19)18-8-6-11-3-2-4-13(16)14(11)18/h2-5,7,9H,6,8,16H2,1H3. The molecule has 1 aliphatic heterocycles. The van der Waals surface area contributed by atoms with E-state index in [4.69, 9.17) is 5.73 Å². The number of carbonyl (C=O) groups is 1. The lowest BCUT2D eigenvalue weighted by atomic mass is 10.1. The fraction of sp³-hybridized carbons (Fsp3) is 0.200. The highest BCUT2D eigenvalue weighted by Crippen LogP contribution is 2.34. The summed E-state index contributed by atoms with van der Waals surface area (Å²) in [7, 11) is 0. The maximum absolute atomic E-state index is 12.6. The smallest absolute Gasteiger partial charge is 0.258 e. The van der Waals surface area contributed by atoms with E-state index in [1.165, 1.54) is 0 Å². The zero-order valence-electron chi connectivity index (χ0n) is 10.8. The Morgan fingerprint density at radius 3 is 3.00 bits per heavy atom. The minimum absolute atomic E-state index is 0.0119. The second-order valence-corrected chi connectivity index (χ2v) is 4.75. The van der Waals surface area contributed by atoms with Gasteiger partial charge in [0.15, 0.2) is 0 Å². The third-order valence-electron chi connectivity index (χ3n) is 3.41. The lowest BCUT2D eigenvalue weighted by Gasteiger charge is -2.19. The van der Waals surface area contributed by atoms with E-state index in [-0.39, 0.29) is 5.91 Å². The van der Waals surface area contributed by atoms with Gasteiger partial charge in [0.1, 0.15) is 0 Å². The number of nitrogen functional groups attached to an aromatic ring is 1. The molecule has 0 bridgehead atoms. The minimum atomic E-state index is -0.0119. The van der Waals surface area contributed by atoms with Crippen LogP contribution in [0.5, 0.6) is 0 Å². The number of aromatic nitrogens is 1. The van der Waals surface area contributed by atoms with Gasteiger partial charge >= 0.3 is 0 Å². The minimum Gasteiger partial charge on any atom is -0.397 e.